The fraction of sp³-hybridized carbons (Fsp3) is 0.412. The molecule has 5 heteroatoms. The minimum atomic E-state index is -1.09. The van der Waals surface area contributed by atoms with Crippen molar-refractivity contribution in [3.8, 4) is 0 Å². The molecule has 2 aromatic rings. The van der Waals surface area contributed by atoms with Crippen LogP contribution >= 0.6 is 0 Å². The summed E-state index contributed by atoms with van der Waals surface area (Å²) in [7, 11) is 0. The van der Waals surface area contributed by atoms with Crippen molar-refractivity contribution in [2.75, 3.05) is 5.32 Å². The minimum Gasteiger partial charge on any atom is -0.475 e. The summed E-state index contributed by atoms with van der Waals surface area (Å²) in [5.41, 5.74) is 1.20. The third kappa shape index (κ3) is 2.17. The second-order valence-electron chi connectivity index (χ2n) is 6.30. The maximum absolute atomic E-state index is 12.4. The predicted octanol–water partition coefficient (Wildman–Crippen LogP) is 3.51. The number of carboxylic acids is 1. The molecule has 0 saturated heterocycles. The summed E-state index contributed by atoms with van der Waals surface area (Å²) < 4.78 is 5.21. The molecule has 1 aromatic heterocycles. The van der Waals surface area contributed by atoms with Crippen molar-refractivity contribution in [1.29, 1.82) is 0 Å². The lowest BCUT2D eigenvalue weighted by Gasteiger charge is -2.04. The lowest BCUT2D eigenvalue weighted by atomic mass is 10.0. The van der Waals surface area contributed by atoms with E-state index in [0.29, 0.717) is 28.5 Å². The molecule has 2 saturated carbocycles. The SMILES string of the molecule is O=C(O)c1cc2cc(NC(=O)C3C4CCCCC43)ccc2o1. The van der Waals surface area contributed by atoms with Crippen LogP contribution in [-0.2, 0) is 4.79 Å². The van der Waals surface area contributed by atoms with Gasteiger partial charge in [0.2, 0.25) is 11.7 Å². The number of aromatic carboxylic acids is 1. The molecule has 2 aliphatic carbocycles. The van der Waals surface area contributed by atoms with Crippen molar-refractivity contribution < 1.29 is 19.1 Å². The number of carbonyl (C=O) groups is 2. The minimum absolute atomic E-state index is 0.0910. The number of hydrogen-bond acceptors (Lipinski definition) is 3. The quantitative estimate of drug-likeness (QED) is 0.909. The summed E-state index contributed by atoms with van der Waals surface area (Å²) in [5.74, 6) is 0.223. The van der Waals surface area contributed by atoms with Gasteiger partial charge in [-0.3, -0.25) is 4.79 Å². The summed E-state index contributed by atoms with van der Waals surface area (Å²) >= 11 is 0. The van der Waals surface area contributed by atoms with Crippen molar-refractivity contribution >= 4 is 28.5 Å². The van der Waals surface area contributed by atoms with Gasteiger partial charge in [0, 0.05) is 17.0 Å². The van der Waals surface area contributed by atoms with Crippen LogP contribution in [-0.4, -0.2) is 17.0 Å². The molecule has 22 heavy (non-hydrogen) atoms. The normalized spacial score (nSPS) is 26.5. The maximum Gasteiger partial charge on any atom is 0.371 e. The van der Waals surface area contributed by atoms with E-state index >= 15 is 0 Å². The molecule has 0 spiro atoms. The highest BCUT2D eigenvalue weighted by atomic mass is 16.4. The number of fused-ring (bicyclic) bond motifs is 2. The molecule has 1 aromatic carbocycles. The molecule has 2 N–H and O–H groups in total. The van der Waals surface area contributed by atoms with Crippen LogP contribution in [0.5, 0.6) is 0 Å². The molecule has 0 aliphatic heterocycles. The molecule has 0 bridgehead atoms. The number of carboxylic acid groups (broad SMARTS) is 1. The van der Waals surface area contributed by atoms with Gasteiger partial charge in [-0.2, -0.15) is 0 Å². The van der Waals surface area contributed by atoms with Crippen molar-refractivity contribution in [2.24, 2.45) is 17.8 Å². The first-order chi connectivity index (χ1) is 10.6. The number of anilines is 1. The third-order valence-corrected chi connectivity index (χ3v) is 4.95. The molecule has 1 amide bonds. The fourth-order valence-corrected chi connectivity index (χ4v) is 3.83. The summed E-state index contributed by atoms with van der Waals surface area (Å²) in [5, 5.41) is 12.6. The van der Waals surface area contributed by atoms with Crippen molar-refractivity contribution in [3.63, 3.8) is 0 Å². The monoisotopic (exact) mass is 299 g/mol. The average Bonchev–Trinajstić information content (AvgIpc) is 3.08. The molecule has 5 nitrogen and oxygen atoms in total. The largest absolute Gasteiger partial charge is 0.475 e. The third-order valence-electron chi connectivity index (χ3n) is 4.95. The molecule has 0 radical (unpaired) electrons. The van der Waals surface area contributed by atoms with Gasteiger partial charge in [0.1, 0.15) is 5.58 Å². The number of furan rings is 1. The summed E-state index contributed by atoms with van der Waals surface area (Å²) in [6, 6.07) is 6.68. The van der Waals surface area contributed by atoms with Crippen LogP contribution in [0.25, 0.3) is 11.0 Å². The Bertz CT molecular complexity index is 751. The lowest BCUT2D eigenvalue weighted by molar-refractivity contribution is -0.117. The number of carbonyl (C=O) groups excluding carboxylic acids is 1. The molecular weight excluding hydrogens is 282 g/mol. The van der Waals surface area contributed by atoms with Crippen molar-refractivity contribution in [1.82, 2.24) is 0 Å². The van der Waals surface area contributed by atoms with Gasteiger partial charge in [-0.1, -0.05) is 12.8 Å². The van der Waals surface area contributed by atoms with Gasteiger partial charge in [-0.15, -0.1) is 0 Å². The van der Waals surface area contributed by atoms with E-state index in [2.05, 4.69) is 5.32 Å². The van der Waals surface area contributed by atoms with Crippen LogP contribution in [0.2, 0.25) is 0 Å². The number of nitrogens with one attached hydrogen (secondary N) is 1. The predicted molar refractivity (Wildman–Crippen MR) is 80.7 cm³/mol. The average molecular weight is 299 g/mol. The van der Waals surface area contributed by atoms with Gasteiger partial charge in [-0.25, -0.2) is 4.79 Å². The van der Waals surface area contributed by atoms with Crippen LogP contribution in [0.15, 0.2) is 28.7 Å². The second-order valence-corrected chi connectivity index (χ2v) is 6.30. The highest BCUT2D eigenvalue weighted by molar-refractivity contribution is 5.98. The Morgan fingerprint density at radius 1 is 1.14 bits per heavy atom. The van der Waals surface area contributed by atoms with Gasteiger partial charge >= 0.3 is 5.97 Å². The molecule has 114 valence electrons. The van der Waals surface area contributed by atoms with Crippen molar-refractivity contribution in [3.05, 3.63) is 30.0 Å². The van der Waals surface area contributed by atoms with E-state index in [0.717, 1.165) is 0 Å². The first-order valence-electron chi connectivity index (χ1n) is 7.71. The first-order valence-corrected chi connectivity index (χ1v) is 7.71. The van der Waals surface area contributed by atoms with Gasteiger partial charge in [0.05, 0.1) is 0 Å². The lowest BCUT2D eigenvalue weighted by Crippen LogP contribution is -2.15. The summed E-state index contributed by atoms with van der Waals surface area (Å²) in [6.07, 6.45) is 4.82. The van der Waals surface area contributed by atoms with Gasteiger partial charge < -0.3 is 14.8 Å². The maximum atomic E-state index is 12.4. The van der Waals surface area contributed by atoms with E-state index in [9.17, 15) is 9.59 Å². The molecular formula is C17H17NO4. The molecule has 1 heterocycles. The number of amides is 1. The number of hydrogen-bond donors (Lipinski definition) is 2. The Kier molecular flexibility index (Phi) is 2.96. The zero-order valence-corrected chi connectivity index (χ0v) is 12.0. The Balaban J connectivity index is 1.52. The molecule has 2 fully saturated rings. The molecule has 2 atom stereocenters. The smallest absolute Gasteiger partial charge is 0.371 e. The highest BCUT2D eigenvalue weighted by Gasteiger charge is 2.54. The Labute approximate surface area is 127 Å². The van der Waals surface area contributed by atoms with E-state index in [1.54, 1.807) is 18.2 Å². The van der Waals surface area contributed by atoms with Crippen LogP contribution in [0.3, 0.4) is 0 Å². The van der Waals surface area contributed by atoms with Gasteiger partial charge in [0.25, 0.3) is 0 Å². The first kappa shape index (κ1) is 13.4. The van der Waals surface area contributed by atoms with Crippen molar-refractivity contribution in [2.45, 2.75) is 25.7 Å². The van der Waals surface area contributed by atoms with E-state index in [4.69, 9.17) is 9.52 Å². The highest BCUT2D eigenvalue weighted by Crippen LogP contribution is 2.55. The van der Waals surface area contributed by atoms with E-state index in [1.807, 2.05) is 0 Å². The summed E-state index contributed by atoms with van der Waals surface area (Å²) in [4.78, 5) is 23.3. The standard InChI is InChI=1S/C17H17NO4/c19-16(15-11-3-1-2-4-12(11)15)18-10-5-6-13-9(7-10)8-14(22-13)17(20)21/h5-8,11-12,15H,1-4H2,(H,18,19)(H,20,21). The van der Waals surface area contributed by atoms with Crippen LogP contribution in [0.4, 0.5) is 5.69 Å². The second kappa shape index (κ2) is 4.87. The zero-order valence-electron chi connectivity index (χ0n) is 12.0. The van der Waals surface area contributed by atoms with Gasteiger partial charge in [-0.05, 0) is 48.9 Å². The number of benzene rings is 1. The Morgan fingerprint density at radius 3 is 2.55 bits per heavy atom. The van der Waals surface area contributed by atoms with Crippen LogP contribution in [0.1, 0.15) is 36.2 Å². The van der Waals surface area contributed by atoms with Crippen LogP contribution in [0, 0.1) is 17.8 Å². The van der Waals surface area contributed by atoms with E-state index in [1.165, 1.54) is 31.7 Å². The topological polar surface area (TPSA) is 79.5 Å². The van der Waals surface area contributed by atoms with Crippen LogP contribution < -0.4 is 5.32 Å². The Morgan fingerprint density at radius 2 is 1.86 bits per heavy atom. The Hall–Kier alpha value is -2.30. The fourth-order valence-electron chi connectivity index (χ4n) is 3.83. The van der Waals surface area contributed by atoms with Gasteiger partial charge in [0.15, 0.2) is 0 Å². The van der Waals surface area contributed by atoms with E-state index < -0.39 is 5.97 Å². The zero-order chi connectivity index (χ0) is 15.3. The van der Waals surface area contributed by atoms with E-state index in [-0.39, 0.29) is 17.6 Å². The summed E-state index contributed by atoms with van der Waals surface area (Å²) in [6.45, 7) is 0. The number of rotatable bonds is 3. The molecule has 2 aliphatic rings. The molecule has 4 rings (SSSR count). The molecule has 2 unspecified atom stereocenters.